The number of hydrogen-bond donors (Lipinski definition) is 0. The molecule has 0 atom stereocenters. The summed E-state index contributed by atoms with van der Waals surface area (Å²) in [4.78, 5) is 14.5. The number of nitrogens with zero attached hydrogens (tertiary/aromatic N) is 4. The quantitative estimate of drug-likeness (QED) is 0.652. The Labute approximate surface area is 177 Å². The summed E-state index contributed by atoms with van der Waals surface area (Å²) in [5.41, 5.74) is 2.79. The van der Waals surface area contributed by atoms with Crippen LogP contribution in [0.5, 0.6) is 5.75 Å². The van der Waals surface area contributed by atoms with Gasteiger partial charge in [-0.2, -0.15) is 9.40 Å². The second-order valence-electron chi connectivity index (χ2n) is 7.18. The van der Waals surface area contributed by atoms with Crippen LogP contribution < -0.4 is 4.74 Å². The number of amides is 1. The van der Waals surface area contributed by atoms with Gasteiger partial charge in [0, 0.05) is 50.6 Å². The molecule has 0 saturated carbocycles. The summed E-state index contributed by atoms with van der Waals surface area (Å²) in [6.45, 7) is 7.49. The molecule has 3 rings (SSSR count). The number of aromatic nitrogens is 2. The molecule has 0 unspecified atom stereocenters. The van der Waals surface area contributed by atoms with Gasteiger partial charge < -0.3 is 9.64 Å². The van der Waals surface area contributed by atoms with Crippen LogP contribution >= 0.6 is 0 Å². The fraction of sp³-hybridized carbons (Fsp3) is 0.429. The SMILES string of the molecule is CCOc1ccc(S(=O)(=O)N2CCN(C(=O)/C=C/c3c(C)nn(C)c3C)CC2)cc1. The second-order valence-corrected chi connectivity index (χ2v) is 9.11. The van der Waals surface area contributed by atoms with Crippen molar-refractivity contribution < 1.29 is 17.9 Å². The third-order valence-corrected chi connectivity index (χ3v) is 7.19. The molecule has 0 radical (unpaired) electrons. The fourth-order valence-electron chi connectivity index (χ4n) is 3.46. The van der Waals surface area contributed by atoms with Gasteiger partial charge in [0.25, 0.3) is 0 Å². The van der Waals surface area contributed by atoms with Gasteiger partial charge in [0.2, 0.25) is 15.9 Å². The summed E-state index contributed by atoms with van der Waals surface area (Å²) in [5, 5.41) is 4.34. The van der Waals surface area contributed by atoms with Crippen molar-refractivity contribution in [2.24, 2.45) is 7.05 Å². The first-order chi connectivity index (χ1) is 14.2. The van der Waals surface area contributed by atoms with Crippen molar-refractivity contribution in [2.45, 2.75) is 25.7 Å². The smallest absolute Gasteiger partial charge is 0.246 e. The average molecular weight is 433 g/mol. The van der Waals surface area contributed by atoms with Gasteiger partial charge in [-0.05, 0) is 51.1 Å². The zero-order valence-electron chi connectivity index (χ0n) is 17.8. The highest BCUT2D eigenvalue weighted by atomic mass is 32.2. The first-order valence-corrected chi connectivity index (χ1v) is 11.4. The third kappa shape index (κ3) is 4.57. The van der Waals surface area contributed by atoms with Crippen molar-refractivity contribution in [2.75, 3.05) is 32.8 Å². The normalized spacial score (nSPS) is 15.7. The minimum atomic E-state index is -3.60. The average Bonchev–Trinajstić information content (AvgIpc) is 2.98. The molecule has 2 heterocycles. The number of benzene rings is 1. The predicted octanol–water partition coefficient (Wildman–Crippen LogP) is 1.98. The van der Waals surface area contributed by atoms with E-state index in [1.165, 1.54) is 10.4 Å². The number of ether oxygens (including phenoxy) is 1. The summed E-state index contributed by atoms with van der Waals surface area (Å²) < 4.78 is 34.3. The molecule has 2 aromatic rings. The lowest BCUT2D eigenvalue weighted by atomic mass is 10.2. The Bertz CT molecular complexity index is 1030. The molecule has 0 spiro atoms. The van der Waals surface area contributed by atoms with Gasteiger partial charge in [0.1, 0.15) is 5.75 Å². The lowest BCUT2D eigenvalue weighted by Crippen LogP contribution is -2.50. The number of rotatable bonds is 6. The molecule has 1 aliphatic heterocycles. The molecule has 0 bridgehead atoms. The summed E-state index contributed by atoms with van der Waals surface area (Å²) in [5.74, 6) is 0.508. The minimum absolute atomic E-state index is 0.129. The van der Waals surface area contributed by atoms with Crippen LogP contribution in [0.2, 0.25) is 0 Å². The molecule has 0 aliphatic carbocycles. The number of carbonyl (C=O) groups excluding carboxylic acids is 1. The van der Waals surface area contributed by atoms with Gasteiger partial charge in [-0.3, -0.25) is 9.48 Å². The van der Waals surface area contributed by atoms with Crippen LogP contribution in [0, 0.1) is 13.8 Å². The molecule has 1 fully saturated rings. The highest BCUT2D eigenvalue weighted by Crippen LogP contribution is 2.21. The van der Waals surface area contributed by atoms with Crippen LogP contribution in [0.4, 0.5) is 0 Å². The van der Waals surface area contributed by atoms with Crippen molar-refractivity contribution in [3.8, 4) is 5.75 Å². The highest BCUT2D eigenvalue weighted by molar-refractivity contribution is 7.89. The zero-order chi connectivity index (χ0) is 21.9. The molecule has 1 amide bonds. The Morgan fingerprint density at radius 3 is 2.30 bits per heavy atom. The van der Waals surface area contributed by atoms with Crippen LogP contribution in [0.15, 0.2) is 35.2 Å². The van der Waals surface area contributed by atoms with Crippen LogP contribution in [0.3, 0.4) is 0 Å². The maximum absolute atomic E-state index is 12.9. The maximum Gasteiger partial charge on any atom is 0.246 e. The molecule has 8 nitrogen and oxygen atoms in total. The third-order valence-electron chi connectivity index (χ3n) is 5.28. The summed E-state index contributed by atoms with van der Waals surface area (Å²) in [6.07, 6.45) is 3.32. The Kier molecular flexibility index (Phi) is 6.62. The van der Waals surface area contributed by atoms with Crippen molar-refractivity contribution >= 4 is 22.0 Å². The van der Waals surface area contributed by atoms with Crippen LogP contribution in [0.1, 0.15) is 23.9 Å². The van der Waals surface area contributed by atoms with Crippen LogP contribution in [-0.2, 0) is 21.9 Å². The van der Waals surface area contributed by atoms with Gasteiger partial charge in [0.15, 0.2) is 0 Å². The Morgan fingerprint density at radius 2 is 1.77 bits per heavy atom. The van der Waals surface area contributed by atoms with E-state index >= 15 is 0 Å². The van der Waals surface area contributed by atoms with E-state index in [1.807, 2.05) is 27.8 Å². The van der Waals surface area contributed by atoms with E-state index in [9.17, 15) is 13.2 Å². The van der Waals surface area contributed by atoms with Gasteiger partial charge in [-0.1, -0.05) is 0 Å². The van der Waals surface area contributed by atoms with Crippen LogP contribution in [-0.4, -0.2) is 66.1 Å². The van der Waals surface area contributed by atoms with E-state index in [1.54, 1.807) is 39.9 Å². The standard InChI is InChI=1S/C21H28N4O4S/c1-5-29-18-6-8-19(9-7-18)30(27,28)25-14-12-24(13-15-25)21(26)11-10-20-16(2)22-23(4)17(20)3/h6-11H,5,12-15H2,1-4H3/b11-10+. The van der Waals surface area contributed by atoms with Crippen molar-refractivity contribution in [1.29, 1.82) is 0 Å². The van der Waals surface area contributed by atoms with E-state index in [2.05, 4.69) is 5.10 Å². The molecule has 1 aromatic heterocycles. The lowest BCUT2D eigenvalue weighted by molar-refractivity contribution is -0.127. The van der Waals surface area contributed by atoms with Crippen LogP contribution in [0.25, 0.3) is 6.08 Å². The first kappa shape index (κ1) is 22.0. The summed E-state index contributed by atoms with van der Waals surface area (Å²) >= 11 is 0. The highest BCUT2D eigenvalue weighted by Gasteiger charge is 2.29. The monoisotopic (exact) mass is 432 g/mol. The molecular weight excluding hydrogens is 404 g/mol. The van der Waals surface area contributed by atoms with Crippen molar-refractivity contribution in [3.05, 3.63) is 47.3 Å². The summed E-state index contributed by atoms with van der Waals surface area (Å²) in [6, 6.07) is 6.42. The van der Waals surface area contributed by atoms with Crippen molar-refractivity contribution in [3.63, 3.8) is 0 Å². The fourth-order valence-corrected chi connectivity index (χ4v) is 4.89. The molecule has 0 N–H and O–H groups in total. The predicted molar refractivity (Wildman–Crippen MR) is 115 cm³/mol. The van der Waals surface area contributed by atoms with Gasteiger partial charge in [-0.15, -0.1) is 0 Å². The molecule has 1 aliphatic rings. The van der Waals surface area contributed by atoms with Crippen molar-refractivity contribution in [1.82, 2.24) is 19.0 Å². The number of piperazine rings is 1. The van der Waals surface area contributed by atoms with E-state index in [4.69, 9.17) is 4.74 Å². The van der Waals surface area contributed by atoms with Gasteiger partial charge in [-0.25, -0.2) is 8.42 Å². The number of sulfonamides is 1. The first-order valence-electron chi connectivity index (χ1n) is 9.94. The molecule has 9 heteroatoms. The largest absolute Gasteiger partial charge is 0.494 e. The number of carbonyl (C=O) groups is 1. The van der Waals surface area contributed by atoms with Gasteiger partial charge in [0.05, 0.1) is 17.2 Å². The molecular formula is C21H28N4O4S. The van der Waals surface area contributed by atoms with E-state index < -0.39 is 10.0 Å². The Hall–Kier alpha value is -2.65. The Balaban J connectivity index is 1.62. The van der Waals surface area contributed by atoms with E-state index in [0.29, 0.717) is 25.4 Å². The number of hydrogen-bond acceptors (Lipinski definition) is 5. The molecule has 1 aromatic carbocycles. The number of aryl methyl sites for hydroxylation is 2. The topological polar surface area (TPSA) is 84.7 Å². The lowest BCUT2D eigenvalue weighted by Gasteiger charge is -2.33. The maximum atomic E-state index is 12.9. The zero-order valence-corrected chi connectivity index (χ0v) is 18.6. The Morgan fingerprint density at radius 1 is 1.13 bits per heavy atom. The molecule has 30 heavy (non-hydrogen) atoms. The molecule has 1 saturated heterocycles. The van der Waals surface area contributed by atoms with Gasteiger partial charge >= 0.3 is 0 Å². The van der Waals surface area contributed by atoms with E-state index in [-0.39, 0.29) is 23.9 Å². The van der Waals surface area contributed by atoms with E-state index in [0.717, 1.165) is 17.0 Å². The minimum Gasteiger partial charge on any atom is -0.494 e. The molecule has 162 valence electrons. The summed E-state index contributed by atoms with van der Waals surface area (Å²) in [7, 11) is -1.73. The second kappa shape index (κ2) is 9.01.